The summed E-state index contributed by atoms with van der Waals surface area (Å²) in [4.78, 5) is 20.3. The highest BCUT2D eigenvalue weighted by Crippen LogP contribution is 2.28. The molecule has 1 aliphatic rings. The van der Waals surface area contributed by atoms with Crippen LogP contribution in [0.5, 0.6) is 0 Å². The van der Waals surface area contributed by atoms with E-state index in [0.717, 1.165) is 36.0 Å². The molecule has 0 amide bonds. The maximum Gasteiger partial charge on any atom is 0.433 e. The van der Waals surface area contributed by atoms with Gasteiger partial charge in [0, 0.05) is 44.1 Å². The molecule has 0 radical (unpaired) electrons. The zero-order chi connectivity index (χ0) is 18.0. The lowest BCUT2D eigenvalue weighted by Gasteiger charge is -2.35. The van der Waals surface area contributed by atoms with Gasteiger partial charge in [-0.1, -0.05) is 6.92 Å². The van der Waals surface area contributed by atoms with Crippen molar-refractivity contribution in [2.24, 2.45) is 0 Å². The van der Waals surface area contributed by atoms with Gasteiger partial charge in [-0.3, -0.25) is 0 Å². The van der Waals surface area contributed by atoms with Crippen molar-refractivity contribution in [3.63, 3.8) is 0 Å². The molecule has 25 heavy (non-hydrogen) atoms. The summed E-state index contributed by atoms with van der Waals surface area (Å²) in [6.07, 6.45) is -2.48. The van der Waals surface area contributed by atoms with E-state index in [1.54, 1.807) is 4.90 Å². The van der Waals surface area contributed by atoms with Crippen molar-refractivity contribution < 1.29 is 13.2 Å². The van der Waals surface area contributed by atoms with Gasteiger partial charge < -0.3 is 9.80 Å². The fourth-order valence-electron chi connectivity index (χ4n) is 2.75. The van der Waals surface area contributed by atoms with E-state index in [9.17, 15) is 13.2 Å². The predicted molar refractivity (Wildman–Crippen MR) is 87.6 cm³/mol. The second-order valence-corrected chi connectivity index (χ2v) is 5.83. The Labute approximate surface area is 143 Å². The van der Waals surface area contributed by atoms with Crippen LogP contribution >= 0.6 is 0 Å². The van der Waals surface area contributed by atoms with Crippen LogP contribution < -0.4 is 9.80 Å². The SMILES string of the molecule is CCc1cc(N2CCN(c3nccc(C(F)(F)F)n3)CC2)nc(C)n1. The molecule has 0 unspecified atom stereocenters. The Morgan fingerprint density at radius 2 is 1.72 bits per heavy atom. The highest BCUT2D eigenvalue weighted by Gasteiger charge is 2.33. The second kappa shape index (κ2) is 6.81. The number of piperazine rings is 1. The van der Waals surface area contributed by atoms with E-state index in [-0.39, 0.29) is 5.95 Å². The lowest BCUT2D eigenvalue weighted by molar-refractivity contribution is -0.141. The topological polar surface area (TPSA) is 58.0 Å². The molecule has 3 heterocycles. The Morgan fingerprint density at radius 1 is 1.04 bits per heavy atom. The van der Waals surface area contributed by atoms with E-state index in [4.69, 9.17) is 0 Å². The lowest BCUT2D eigenvalue weighted by Crippen LogP contribution is -2.47. The summed E-state index contributed by atoms with van der Waals surface area (Å²) >= 11 is 0. The van der Waals surface area contributed by atoms with E-state index in [0.29, 0.717) is 26.2 Å². The van der Waals surface area contributed by atoms with Crippen molar-refractivity contribution in [3.8, 4) is 0 Å². The molecule has 0 atom stereocenters. The zero-order valence-corrected chi connectivity index (χ0v) is 14.1. The van der Waals surface area contributed by atoms with E-state index >= 15 is 0 Å². The summed E-state index contributed by atoms with van der Waals surface area (Å²) < 4.78 is 38.4. The Morgan fingerprint density at radius 3 is 2.36 bits per heavy atom. The third-order valence-corrected chi connectivity index (χ3v) is 4.06. The number of rotatable bonds is 3. The standard InChI is InChI=1S/C16H19F3N6/c1-3-12-10-14(22-11(2)21-12)24-6-8-25(9-7-24)15-20-5-4-13(23-15)16(17,18)19/h4-5,10H,3,6-9H2,1-2H3. The van der Waals surface area contributed by atoms with Gasteiger partial charge in [0.25, 0.3) is 0 Å². The maximum absolute atomic E-state index is 12.8. The number of hydrogen-bond donors (Lipinski definition) is 0. The van der Waals surface area contributed by atoms with Crippen LogP contribution in [0.25, 0.3) is 0 Å². The highest BCUT2D eigenvalue weighted by atomic mass is 19.4. The molecule has 2 aromatic rings. The van der Waals surface area contributed by atoms with E-state index in [2.05, 4.69) is 24.8 Å². The lowest BCUT2D eigenvalue weighted by atomic mass is 10.2. The first-order valence-corrected chi connectivity index (χ1v) is 8.11. The van der Waals surface area contributed by atoms with Gasteiger partial charge in [0.2, 0.25) is 5.95 Å². The number of anilines is 2. The molecule has 1 saturated heterocycles. The summed E-state index contributed by atoms with van der Waals surface area (Å²) in [6, 6.07) is 2.85. The Bertz CT molecular complexity index is 741. The van der Waals surface area contributed by atoms with Crippen LogP contribution in [0.4, 0.5) is 24.9 Å². The number of aryl methyl sites for hydroxylation is 2. The smallest absolute Gasteiger partial charge is 0.353 e. The number of nitrogens with zero attached hydrogens (tertiary/aromatic N) is 6. The summed E-state index contributed by atoms with van der Waals surface area (Å²) in [5.41, 5.74) is 0.0603. The van der Waals surface area contributed by atoms with Crippen LogP contribution in [0.2, 0.25) is 0 Å². The molecular formula is C16H19F3N6. The maximum atomic E-state index is 12.8. The number of aromatic nitrogens is 4. The first-order valence-electron chi connectivity index (χ1n) is 8.11. The van der Waals surface area contributed by atoms with Crippen LogP contribution in [0.3, 0.4) is 0 Å². The predicted octanol–water partition coefficient (Wildman–Crippen LogP) is 2.48. The molecule has 6 nitrogen and oxygen atoms in total. The Balaban J connectivity index is 1.71. The second-order valence-electron chi connectivity index (χ2n) is 5.83. The minimum absolute atomic E-state index is 0.114. The average Bonchev–Trinajstić information content (AvgIpc) is 2.60. The first-order chi connectivity index (χ1) is 11.9. The van der Waals surface area contributed by atoms with Gasteiger partial charge in [0.05, 0.1) is 0 Å². The molecule has 0 aliphatic carbocycles. The van der Waals surface area contributed by atoms with Gasteiger partial charge in [0.15, 0.2) is 0 Å². The molecule has 0 N–H and O–H groups in total. The normalized spacial score (nSPS) is 15.6. The molecule has 1 fully saturated rings. The summed E-state index contributed by atoms with van der Waals surface area (Å²) in [7, 11) is 0. The van der Waals surface area contributed by atoms with Gasteiger partial charge in [-0.05, 0) is 19.4 Å². The van der Waals surface area contributed by atoms with Gasteiger partial charge in [0.1, 0.15) is 17.3 Å². The van der Waals surface area contributed by atoms with Crippen molar-refractivity contribution in [1.29, 1.82) is 0 Å². The average molecular weight is 352 g/mol. The molecule has 0 saturated carbocycles. The summed E-state index contributed by atoms with van der Waals surface area (Å²) in [6.45, 7) is 6.24. The van der Waals surface area contributed by atoms with Crippen LogP contribution in [0.1, 0.15) is 24.1 Å². The largest absolute Gasteiger partial charge is 0.433 e. The van der Waals surface area contributed by atoms with Gasteiger partial charge in [-0.2, -0.15) is 13.2 Å². The number of hydrogen-bond acceptors (Lipinski definition) is 6. The van der Waals surface area contributed by atoms with Crippen LogP contribution in [0.15, 0.2) is 18.3 Å². The van der Waals surface area contributed by atoms with Crippen molar-refractivity contribution in [3.05, 3.63) is 35.5 Å². The van der Waals surface area contributed by atoms with Gasteiger partial charge in [-0.15, -0.1) is 0 Å². The summed E-state index contributed by atoms with van der Waals surface area (Å²) in [5.74, 6) is 1.69. The molecule has 9 heteroatoms. The molecule has 0 bridgehead atoms. The van der Waals surface area contributed by atoms with Crippen molar-refractivity contribution >= 4 is 11.8 Å². The number of halogens is 3. The van der Waals surface area contributed by atoms with Gasteiger partial charge >= 0.3 is 6.18 Å². The quantitative estimate of drug-likeness (QED) is 0.846. The van der Waals surface area contributed by atoms with E-state index in [1.807, 2.05) is 19.9 Å². The van der Waals surface area contributed by atoms with Crippen LogP contribution in [-0.2, 0) is 12.6 Å². The highest BCUT2D eigenvalue weighted by molar-refractivity contribution is 5.43. The van der Waals surface area contributed by atoms with E-state index in [1.165, 1.54) is 0 Å². The molecule has 0 aromatic carbocycles. The number of alkyl halides is 3. The first kappa shape index (κ1) is 17.4. The third kappa shape index (κ3) is 3.97. The third-order valence-electron chi connectivity index (χ3n) is 4.06. The Kier molecular flexibility index (Phi) is 4.73. The monoisotopic (exact) mass is 352 g/mol. The molecule has 134 valence electrons. The Hall–Kier alpha value is -2.45. The fourth-order valence-corrected chi connectivity index (χ4v) is 2.75. The van der Waals surface area contributed by atoms with Crippen molar-refractivity contribution in [2.45, 2.75) is 26.4 Å². The van der Waals surface area contributed by atoms with Crippen LogP contribution in [0, 0.1) is 6.92 Å². The van der Waals surface area contributed by atoms with Crippen molar-refractivity contribution in [2.75, 3.05) is 36.0 Å². The molecular weight excluding hydrogens is 333 g/mol. The molecule has 3 rings (SSSR count). The zero-order valence-electron chi connectivity index (χ0n) is 14.1. The van der Waals surface area contributed by atoms with E-state index < -0.39 is 11.9 Å². The molecule has 1 aliphatic heterocycles. The van der Waals surface area contributed by atoms with Crippen molar-refractivity contribution in [1.82, 2.24) is 19.9 Å². The molecule has 2 aromatic heterocycles. The van der Waals surface area contributed by atoms with Crippen LogP contribution in [-0.4, -0.2) is 46.1 Å². The molecule has 0 spiro atoms. The minimum atomic E-state index is -4.46. The fraction of sp³-hybridized carbons (Fsp3) is 0.500. The van der Waals surface area contributed by atoms with Gasteiger partial charge in [-0.25, -0.2) is 19.9 Å². The minimum Gasteiger partial charge on any atom is -0.353 e. The summed E-state index contributed by atoms with van der Waals surface area (Å²) in [5, 5.41) is 0.